The van der Waals surface area contributed by atoms with Gasteiger partial charge in [0.15, 0.2) is 0 Å². The van der Waals surface area contributed by atoms with Crippen molar-refractivity contribution in [3.05, 3.63) is 47.0 Å². The zero-order valence-electron chi connectivity index (χ0n) is 9.44. The van der Waals surface area contributed by atoms with Crippen molar-refractivity contribution >= 4 is 6.29 Å². The van der Waals surface area contributed by atoms with E-state index in [0.29, 0.717) is 6.42 Å². The molecule has 1 aromatic rings. The topological polar surface area (TPSA) is 37.3 Å². The Kier molecular flexibility index (Phi) is 2.92. The summed E-state index contributed by atoms with van der Waals surface area (Å²) in [5.41, 5.74) is 3.90. The van der Waals surface area contributed by atoms with Gasteiger partial charge >= 0.3 is 0 Å². The lowest BCUT2D eigenvalue weighted by Crippen LogP contribution is -2.31. The zero-order chi connectivity index (χ0) is 11.7. The third-order valence-corrected chi connectivity index (χ3v) is 3.39. The molecule has 0 unspecified atom stereocenters. The molecular weight excluding hydrogens is 200 g/mol. The van der Waals surface area contributed by atoms with Gasteiger partial charge in [0.25, 0.3) is 0 Å². The quantitative estimate of drug-likeness (QED) is 0.607. The van der Waals surface area contributed by atoms with E-state index in [1.165, 1.54) is 0 Å². The van der Waals surface area contributed by atoms with E-state index >= 15 is 0 Å². The highest BCUT2D eigenvalue weighted by Crippen LogP contribution is 2.31. The molecule has 2 heteroatoms. The van der Waals surface area contributed by atoms with Crippen molar-refractivity contribution < 1.29 is 9.90 Å². The number of rotatable bonds is 2. The summed E-state index contributed by atoms with van der Waals surface area (Å²) in [5, 5.41) is 10.0. The maximum Gasteiger partial charge on any atom is 0.150 e. The van der Waals surface area contributed by atoms with Crippen molar-refractivity contribution in [3.8, 4) is 0 Å². The SMILES string of the molecule is C=C(C)[C@@H]1Cc2c(C=O)cccc2C[C@H]1O. The number of aldehydes is 1. The summed E-state index contributed by atoms with van der Waals surface area (Å²) in [5.74, 6) is 0.0774. The molecule has 2 rings (SSSR count). The molecule has 0 heterocycles. The van der Waals surface area contributed by atoms with Crippen molar-refractivity contribution in [2.45, 2.75) is 25.9 Å². The Hall–Kier alpha value is -1.41. The molecule has 0 bridgehead atoms. The Morgan fingerprint density at radius 1 is 1.50 bits per heavy atom. The lowest BCUT2D eigenvalue weighted by molar-refractivity contribution is 0.110. The van der Waals surface area contributed by atoms with E-state index in [2.05, 4.69) is 6.58 Å². The van der Waals surface area contributed by atoms with Gasteiger partial charge in [-0.1, -0.05) is 30.4 Å². The van der Waals surface area contributed by atoms with E-state index in [1.807, 2.05) is 25.1 Å². The van der Waals surface area contributed by atoms with Crippen LogP contribution in [0.15, 0.2) is 30.4 Å². The second-order valence-electron chi connectivity index (χ2n) is 4.53. The fourth-order valence-electron chi connectivity index (χ4n) is 2.43. The van der Waals surface area contributed by atoms with Crippen LogP contribution in [-0.4, -0.2) is 17.5 Å². The van der Waals surface area contributed by atoms with Gasteiger partial charge in [-0.2, -0.15) is 0 Å². The molecule has 1 N–H and O–H groups in total. The van der Waals surface area contributed by atoms with Crippen LogP contribution >= 0.6 is 0 Å². The van der Waals surface area contributed by atoms with Crippen molar-refractivity contribution in [2.75, 3.05) is 0 Å². The third kappa shape index (κ3) is 1.81. The average molecular weight is 216 g/mol. The molecule has 16 heavy (non-hydrogen) atoms. The summed E-state index contributed by atoms with van der Waals surface area (Å²) in [4.78, 5) is 11.0. The first-order valence-corrected chi connectivity index (χ1v) is 5.53. The first kappa shape index (κ1) is 11.1. The molecule has 0 amide bonds. The molecule has 0 spiro atoms. The van der Waals surface area contributed by atoms with Crippen molar-refractivity contribution in [1.82, 2.24) is 0 Å². The molecule has 0 aromatic heterocycles. The van der Waals surface area contributed by atoms with E-state index in [1.54, 1.807) is 0 Å². The molecule has 0 fully saturated rings. The fourth-order valence-corrected chi connectivity index (χ4v) is 2.43. The summed E-state index contributed by atoms with van der Waals surface area (Å²) in [7, 11) is 0. The molecule has 1 aliphatic rings. The number of aliphatic hydroxyl groups is 1. The van der Waals surface area contributed by atoms with Crippen LogP contribution in [0.3, 0.4) is 0 Å². The van der Waals surface area contributed by atoms with Crippen LogP contribution in [0.5, 0.6) is 0 Å². The molecule has 2 nitrogen and oxygen atoms in total. The van der Waals surface area contributed by atoms with E-state index in [9.17, 15) is 9.90 Å². The first-order valence-electron chi connectivity index (χ1n) is 5.53. The minimum Gasteiger partial charge on any atom is -0.392 e. The number of hydrogen-bond acceptors (Lipinski definition) is 2. The van der Waals surface area contributed by atoms with E-state index in [0.717, 1.165) is 35.0 Å². The van der Waals surface area contributed by atoms with Crippen molar-refractivity contribution in [2.24, 2.45) is 5.92 Å². The standard InChI is InChI=1S/C14H16O2/c1-9(2)12-7-13-10(6-14(12)16)4-3-5-11(13)8-15/h3-5,8,12,14,16H,1,6-7H2,2H3/t12-,14+/m0/s1. The highest BCUT2D eigenvalue weighted by molar-refractivity contribution is 5.78. The average Bonchev–Trinajstić information content (AvgIpc) is 2.26. The van der Waals surface area contributed by atoms with Gasteiger partial charge in [0.05, 0.1) is 6.10 Å². The number of aliphatic hydroxyl groups excluding tert-OH is 1. The van der Waals surface area contributed by atoms with Gasteiger partial charge < -0.3 is 5.11 Å². The van der Waals surface area contributed by atoms with Crippen molar-refractivity contribution in [1.29, 1.82) is 0 Å². The van der Waals surface area contributed by atoms with Crippen LogP contribution in [0.1, 0.15) is 28.4 Å². The molecule has 0 aliphatic heterocycles. The second-order valence-corrected chi connectivity index (χ2v) is 4.53. The van der Waals surface area contributed by atoms with Crippen molar-refractivity contribution in [3.63, 3.8) is 0 Å². The number of hydrogen-bond donors (Lipinski definition) is 1. The van der Waals surface area contributed by atoms with Crippen LogP contribution in [-0.2, 0) is 12.8 Å². The smallest absolute Gasteiger partial charge is 0.150 e. The predicted molar refractivity (Wildman–Crippen MR) is 63.5 cm³/mol. The zero-order valence-corrected chi connectivity index (χ0v) is 9.44. The predicted octanol–water partition coefficient (Wildman–Crippen LogP) is 2.15. The number of carbonyl (C=O) groups is 1. The van der Waals surface area contributed by atoms with Gasteiger partial charge in [-0.25, -0.2) is 0 Å². The summed E-state index contributed by atoms with van der Waals surface area (Å²) in [6.45, 7) is 5.84. The first-order chi connectivity index (χ1) is 7.63. The lowest BCUT2D eigenvalue weighted by Gasteiger charge is -2.30. The summed E-state index contributed by atoms with van der Waals surface area (Å²) in [6.07, 6.45) is 1.87. The Balaban J connectivity index is 2.43. The fraction of sp³-hybridized carbons (Fsp3) is 0.357. The number of benzene rings is 1. The van der Waals surface area contributed by atoms with Crippen LogP contribution in [0.2, 0.25) is 0 Å². The van der Waals surface area contributed by atoms with Crippen LogP contribution in [0, 0.1) is 5.92 Å². The van der Waals surface area contributed by atoms with Gasteiger partial charge in [-0.15, -0.1) is 0 Å². The maximum absolute atomic E-state index is 11.0. The molecule has 1 aliphatic carbocycles. The van der Waals surface area contributed by atoms with Gasteiger partial charge in [-0.3, -0.25) is 4.79 Å². The normalized spacial score (nSPS) is 23.6. The van der Waals surface area contributed by atoms with Gasteiger partial charge in [-0.05, 0) is 30.9 Å². The highest BCUT2D eigenvalue weighted by atomic mass is 16.3. The van der Waals surface area contributed by atoms with E-state index < -0.39 is 0 Å². The van der Waals surface area contributed by atoms with E-state index in [-0.39, 0.29) is 12.0 Å². The van der Waals surface area contributed by atoms with Gasteiger partial charge in [0.1, 0.15) is 6.29 Å². The largest absolute Gasteiger partial charge is 0.392 e. The van der Waals surface area contributed by atoms with Gasteiger partial charge in [0.2, 0.25) is 0 Å². The molecule has 0 saturated carbocycles. The molecule has 2 atom stereocenters. The lowest BCUT2D eigenvalue weighted by atomic mass is 9.77. The minimum atomic E-state index is -0.369. The Morgan fingerprint density at radius 3 is 2.88 bits per heavy atom. The summed E-state index contributed by atoms with van der Waals surface area (Å²) in [6, 6.07) is 5.69. The number of carbonyl (C=O) groups excluding carboxylic acids is 1. The third-order valence-electron chi connectivity index (χ3n) is 3.39. The highest BCUT2D eigenvalue weighted by Gasteiger charge is 2.28. The van der Waals surface area contributed by atoms with Crippen LogP contribution in [0.25, 0.3) is 0 Å². The van der Waals surface area contributed by atoms with Crippen LogP contribution in [0.4, 0.5) is 0 Å². The second kappa shape index (κ2) is 4.22. The number of fused-ring (bicyclic) bond motifs is 1. The Morgan fingerprint density at radius 2 is 2.25 bits per heavy atom. The van der Waals surface area contributed by atoms with Gasteiger partial charge in [0, 0.05) is 11.5 Å². The molecular formula is C14H16O2. The molecule has 84 valence electrons. The Labute approximate surface area is 95.6 Å². The Bertz CT molecular complexity index is 434. The monoisotopic (exact) mass is 216 g/mol. The molecule has 0 radical (unpaired) electrons. The minimum absolute atomic E-state index is 0.0774. The van der Waals surface area contributed by atoms with E-state index in [4.69, 9.17) is 0 Å². The molecule has 0 saturated heterocycles. The maximum atomic E-state index is 11.0. The summed E-state index contributed by atoms with van der Waals surface area (Å²) >= 11 is 0. The van der Waals surface area contributed by atoms with Crippen LogP contribution < -0.4 is 0 Å². The molecule has 1 aromatic carbocycles. The summed E-state index contributed by atoms with van der Waals surface area (Å²) < 4.78 is 0.